The first-order valence-electron chi connectivity index (χ1n) is 3.85. The third kappa shape index (κ3) is 2.24. The molecule has 0 aliphatic heterocycles. The molecule has 4 nitrogen and oxygen atoms in total. The van der Waals surface area contributed by atoms with Gasteiger partial charge in [0.15, 0.2) is 0 Å². The van der Waals surface area contributed by atoms with Crippen molar-refractivity contribution in [3.63, 3.8) is 0 Å². The number of carbonyl (C=O) groups excluding carboxylic acids is 1. The molecular weight excluding hydrogens is 225 g/mol. The summed E-state index contributed by atoms with van der Waals surface area (Å²) in [6.07, 6.45) is 0.859. The summed E-state index contributed by atoms with van der Waals surface area (Å²) in [5.74, 6) is -1.77. The average molecular weight is 232 g/mol. The first-order valence-corrected chi connectivity index (χ1v) is 4.23. The van der Waals surface area contributed by atoms with Crippen LogP contribution in [-0.4, -0.2) is 24.5 Å². The molecule has 0 atom stereocenters. The molecule has 15 heavy (non-hydrogen) atoms. The highest BCUT2D eigenvalue weighted by Gasteiger charge is 2.19. The Morgan fingerprint density at radius 3 is 2.87 bits per heavy atom. The number of benzene rings is 1. The summed E-state index contributed by atoms with van der Waals surface area (Å²) < 4.78 is 17.9. The third-order valence-electron chi connectivity index (χ3n) is 1.71. The summed E-state index contributed by atoms with van der Waals surface area (Å²) in [7, 11) is 1.12. The van der Waals surface area contributed by atoms with Crippen molar-refractivity contribution in [2.24, 2.45) is 5.16 Å². The second kappa shape index (κ2) is 4.75. The molecule has 0 aliphatic rings. The lowest BCUT2D eigenvalue weighted by molar-refractivity contribution is 0.0595. The number of halogens is 2. The Morgan fingerprint density at radius 1 is 1.67 bits per heavy atom. The lowest BCUT2D eigenvalue weighted by Gasteiger charge is -2.05. The minimum Gasteiger partial charge on any atom is -0.465 e. The van der Waals surface area contributed by atoms with E-state index in [0.29, 0.717) is 0 Å². The van der Waals surface area contributed by atoms with Gasteiger partial charge in [0.05, 0.1) is 18.3 Å². The number of hydrogen-bond acceptors (Lipinski definition) is 4. The van der Waals surface area contributed by atoms with Gasteiger partial charge in [-0.05, 0) is 12.1 Å². The van der Waals surface area contributed by atoms with Gasteiger partial charge in [0.1, 0.15) is 11.4 Å². The van der Waals surface area contributed by atoms with Crippen molar-refractivity contribution >= 4 is 23.8 Å². The van der Waals surface area contributed by atoms with Gasteiger partial charge >= 0.3 is 5.97 Å². The van der Waals surface area contributed by atoms with Crippen LogP contribution in [0, 0.1) is 5.82 Å². The van der Waals surface area contributed by atoms with Crippen molar-refractivity contribution in [1.29, 1.82) is 0 Å². The molecule has 0 aromatic heterocycles. The standard InChI is InChI=1S/C9H7ClFNO3/c1-15-9(13)7-6(10)3-2-5(4-12-14)8(7)11/h2-4,14H,1H3. The summed E-state index contributed by atoms with van der Waals surface area (Å²) in [5.41, 5.74) is -0.432. The normalized spacial score (nSPS) is 10.6. The molecule has 0 radical (unpaired) electrons. The van der Waals surface area contributed by atoms with E-state index in [2.05, 4.69) is 9.89 Å². The summed E-state index contributed by atoms with van der Waals surface area (Å²) in [4.78, 5) is 11.2. The molecule has 1 rings (SSSR count). The molecule has 6 heteroatoms. The van der Waals surface area contributed by atoms with Crippen LogP contribution in [-0.2, 0) is 4.74 Å². The maximum absolute atomic E-state index is 13.6. The molecule has 0 unspecified atom stereocenters. The molecule has 1 N–H and O–H groups in total. The Kier molecular flexibility index (Phi) is 3.62. The summed E-state index contributed by atoms with van der Waals surface area (Å²) >= 11 is 5.63. The quantitative estimate of drug-likeness (QED) is 0.367. The van der Waals surface area contributed by atoms with Gasteiger partial charge in [-0.25, -0.2) is 9.18 Å². The van der Waals surface area contributed by atoms with Crippen LogP contribution in [0.5, 0.6) is 0 Å². The van der Waals surface area contributed by atoms with Gasteiger partial charge in [0.25, 0.3) is 0 Å². The number of nitrogens with zero attached hydrogens (tertiary/aromatic N) is 1. The van der Waals surface area contributed by atoms with Crippen LogP contribution >= 0.6 is 11.6 Å². The molecule has 0 aliphatic carbocycles. The SMILES string of the molecule is COC(=O)c1c(Cl)ccc(C=NO)c1F. The van der Waals surface area contributed by atoms with Gasteiger partial charge in [0.2, 0.25) is 0 Å². The van der Waals surface area contributed by atoms with Gasteiger partial charge in [-0.15, -0.1) is 0 Å². The molecule has 1 aromatic carbocycles. The minimum absolute atomic E-state index is 0.0534. The zero-order chi connectivity index (χ0) is 11.4. The van der Waals surface area contributed by atoms with Crippen molar-refractivity contribution in [2.75, 3.05) is 7.11 Å². The summed E-state index contributed by atoms with van der Waals surface area (Å²) in [6.45, 7) is 0. The second-order valence-corrected chi connectivity index (χ2v) is 2.97. The highest BCUT2D eigenvalue weighted by Crippen LogP contribution is 2.22. The average Bonchev–Trinajstić information content (AvgIpc) is 2.22. The number of carbonyl (C=O) groups is 1. The van der Waals surface area contributed by atoms with Crippen LogP contribution in [0.1, 0.15) is 15.9 Å². The maximum Gasteiger partial charge on any atom is 0.342 e. The van der Waals surface area contributed by atoms with Crippen molar-refractivity contribution in [1.82, 2.24) is 0 Å². The molecule has 1 aromatic rings. The Balaban J connectivity index is 3.36. The lowest BCUT2D eigenvalue weighted by Crippen LogP contribution is -2.07. The summed E-state index contributed by atoms with van der Waals surface area (Å²) in [6, 6.07) is 2.59. The molecule has 80 valence electrons. The molecule has 0 saturated heterocycles. The van der Waals surface area contributed by atoms with Gasteiger partial charge in [-0.3, -0.25) is 0 Å². The number of ether oxygens (including phenoxy) is 1. The zero-order valence-corrected chi connectivity index (χ0v) is 8.45. The van der Waals surface area contributed by atoms with E-state index in [9.17, 15) is 9.18 Å². The van der Waals surface area contributed by atoms with E-state index in [1.54, 1.807) is 0 Å². The van der Waals surface area contributed by atoms with E-state index in [1.807, 2.05) is 0 Å². The van der Waals surface area contributed by atoms with Gasteiger partial charge in [-0.2, -0.15) is 0 Å². The van der Waals surface area contributed by atoms with Gasteiger partial charge < -0.3 is 9.94 Å². The number of esters is 1. The molecule has 0 spiro atoms. The van der Waals surface area contributed by atoms with E-state index in [0.717, 1.165) is 13.3 Å². The van der Waals surface area contributed by atoms with Crippen LogP contribution in [0.15, 0.2) is 17.3 Å². The Hall–Kier alpha value is -1.62. The van der Waals surface area contributed by atoms with Crippen LogP contribution in [0.2, 0.25) is 5.02 Å². The number of hydrogen-bond donors (Lipinski definition) is 1. The predicted octanol–water partition coefficient (Wildman–Crippen LogP) is 2.07. The Bertz CT molecular complexity index is 420. The lowest BCUT2D eigenvalue weighted by atomic mass is 10.1. The first kappa shape index (κ1) is 11.5. The topological polar surface area (TPSA) is 58.9 Å². The van der Waals surface area contributed by atoms with Crippen LogP contribution < -0.4 is 0 Å². The fraction of sp³-hybridized carbons (Fsp3) is 0.111. The largest absolute Gasteiger partial charge is 0.465 e. The number of methoxy groups -OCH3 is 1. The zero-order valence-electron chi connectivity index (χ0n) is 7.70. The summed E-state index contributed by atoms with van der Waals surface area (Å²) in [5, 5.41) is 10.9. The van der Waals surface area contributed by atoms with E-state index in [1.165, 1.54) is 12.1 Å². The van der Waals surface area contributed by atoms with E-state index < -0.39 is 11.8 Å². The molecule has 0 fully saturated rings. The molecule has 0 amide bonds. The third-order valence-corrected chi connectivity index (χ3v) is 2.02. The highest BCUT2D eigenvalue weighted by molar-refractivity contribution is 6.33. The van der Waals surface area contributed by atoms with Gasteiger partial charge in [-0.1, -0.05) is 16.8 Å². The molecule has 0 saturated carbocycles. The van der Waals surface area contributed by atoms with Crippen molar-refractivity contribution in [3.8, 4) is 0 Å². The predicted molar refractivity (Wildman–Crippen MR) is 52.1 cm³/mol. The smallest absolute Gasteiger partial charge is 0.342 e. The van der Waals surface area contributed by atoms with E-state index >= 15 is 0 Å². The van der Waals surface area contributed by atoms with E-state index in [4.69, 9.17) is 16.8 Å². The Labute approximate surface area is 89.9 Å². The fourth-order valence-electron chi connectivity index (χ4n) is 1.02. The number of rotatable bonds is 2. The molecular formula is C9H7ClFNO3. The van der Waals surface area contributed by atoms with Crippen LogP contribution in [0.3, 0.4) is 0 Å². The highest BCUT2D eigenvalue weighted by atomic mass is 35.5. The van der Waals surface area contributed by atoms with Crippen LogP contribution in [0.4, 0.5) is 4.39 Å². The van der Waals surface area contributed by atoms with E-state index in [-0.39, 0.29) is 16.1 Å². The monoisotopic (exact) mass is 231 g/mol. The van der Waals surface area contributed by atoms with Crippen molar-refractivity contribution < 1.29 is 19.1 Å². The second-order valence-electron chi connectivity index (χ2n) is 2.56. The minimum atomic E-state index is -0.884. The number of oxime groups is 1. The Morgan fingerprint density at radius 2 is 2.33 bits per heavy atom. The van der Waals surface area contributed by atoms with Crippen molar-refractivity contribution in [2.45, 2.75) is 0 Å². The maximum atomic E-state index is 13.6. The molecule has 0 bridgehead atoms. The van der Waals surface area contributed by atoms with Gasteiger partial charge in [0, 0.05) is 5.56 Å². The fourth-order valence-corrected chi connectivity index (χ4v) is 1.24. The molecule has 0 heterocycles. The van der Waals surface area contributed by atoms with Crippen LogP contribution in [0.25, 0.3) is 0 Å². The van der Waals surface area contributed by atoms with Crippen molar-refractivity contribution in [3.05, 3.63) is 34.1 Å². The first-order chi connectivity index (χ1) is 7.11.